The van der Waals surface area contributed by atoms with Crippen molar-refractivity contribution in [2.75, 3.05) is 20.2 Å². The highest BCUT2D eigenvalue weighted by atomic mass is 16.5. The van der Waals surface area contributed by atoms with E-state index in [-0.39, 0.29) is 0 Å². The van der Waals surface area contributed by atoms with E-state index in [9.17, 15) is 0 Å². The third kappa shape index (κ3) is 2.62. The number of aromatic nitrogens is 2. The van der Waals surface area contributed by atoms with Crippen LogP contribution in [-0.2, 0) is 11.3 Å². The Morgan fingerprint density at radius 2 is 2.10 bits per heavy atom. The van der Waals surface area contributed by atoms with Crippen LogP contribution < -0.4 is 5.32 Å². The number of ether oxygens (including phenoxy) is 1. The molecule has 0 radical (unpaired) electrons. The molecule has 1 aliphatic rings. The number of nitrogens with one attached hydrogen (secondary N) is 1. The second-order valence-corrected chi connectivity index (χ2v) is 5.27. The predicted octanol–water partition coefficient (Wildman–Crippen LogP) is 2.49. The van der Waals surface area contributed by atoms with Crippen LogP contribution in [-0.4, -0.2) is 29.8 Å². The molecule has 20 heavy (non-hydrogen) atoms. The van der Waals surface area contributed by atoms with Crippen LogP contribution in [0.15, 0.2) is 36.8 Å². The van der Waals surface area contributed by atoms with Gasteiger partial charge in [0.1, 0.15) is 0 Å². The number of nitrogens with zero attached hydrogens (tertiary/aromatic N) is 2. The topological polar surface area (TPSA) is 39.1 Å². The first-order valence-corrected chi connectivity index (χ1v) is 7.20. The summed E-state index contributed by atoms with van der Waals surface area (Å²) >= 11 is 0. The van der Waals surface area contributed by atoms with Crippen LogP contribution >= 0.6 is 0 Å². The average Bonchev–Trinajstić information content (AvgIpc) is 2.98. The highest BCUT2D eigenvalue weighted by Crippen LogP contribution is 2.28. The van der Waals surface area contributed by atoms with Crippen LogP contribution in [0.4, 0.5) is 0 Å². The van der Waals surface area contributed by atoms with Gasteiger partial charge in [-0.05, 0) is 32.0 Å². The van der Waals surface area contributed by atoms with Gasteiger partial charge >= 0.3 is 0 Å². The van der Waals surface area contributed by atoms with Gasteiger partial charge in [0.2, 0.25) is 0 Å². The number of piperidine rings is 1. The van der Waals surface area contributed by atoms with E-state index in [2.05, 4.69) is 39.1 Å². The Morgan fingerprint density at radius 1 is 1.30 bits per heavy atom. The lowest BCUT2D eigenvalue weighted by atomic mass is 9.94. The van der Waals surface area contributed by atoms with Crippen molar-refractivity contribution < 1.29 is 4.74 Å². The highest BCUT2D eigenvalue weighted by molar-refractivity contribution is 5.42. The molecule has 0 spiro atoms. The molecule has 1 aromatic heterocycles. The van der Waals surface area contributed by atoms with Crippen molar-refractivity contribution in [2.24, 2.45) is 0 Å². The lowest BCUT2D eigenvalue weighted by Crippen LogP contribution is -2.27. The zero-order valence-corrected chi connectivity index (χ0v) is 11.9. The van der Waals surface area contributed by atoms with E-state index in [0.717, 1.165) is 13.1 Å². The standard InChI is InChI=1S/C16H21N3O/c1-20-11-14-4-2-3-5-15(14)19-12-18-10-16(19)13-6-8-17-9-7-13/h2-5,10,12-13,17H,6-9,11H2,1H3. The van der Waals surface area contributed by atoms with Crippen LogP contribution in [0.25, 0.3) is 5.69 Å². The number of hydrogen-bond acceptors (Lipinski definition) is 3. The molecular weight excluding hydrogens is 250 g/mol. The Hall–Kier alpha value is -1.65. The molecule has 0 amide bonds. The Bertz CT molecular complexity index is 558. The van der Waals surface area contributed by atoms with Crippen LogP contribution in [0.2, 0.25) is 0 Å². The van der Waals surface area contributed by atoms with Gasteiger partial charge < -0.3 is 14.6 Å². The minimum absolute atomic E-state index is 0.592. The van der Waals surface area contributed by atoms with Crippen molar-refractivity contribution in [3.05, 3.63) is 48.0 Å². The van der Waals surface area contributed by atoms with Gasteiger partial charge in [-0.25, -0.2) is 4.98 Å². The monoisotopic (exact) mass is 271 g/mol. The third-order valence-corrected chi connectivity index (χ3v) is 3.98. The summed E-state index contributed by atoms with van der Waals surface area (Å²) in [5.74, 6) is 0.592. The van der Waals surface area contributed by atoms with E-state index in [0.29, 0.717) is 12.5 Å². The molecule has 1 aliphatic heterocycles. The molecular formula is C16H21N3O. The Kier molecular flexibility index (Phi) is 4.14. The van der Waals surface area contributed by atoms with E-state index in [1.165, 1.54) is 29.8 Å². The van der Waals surface area contributed by atoms with E-state index in [1.807, 2.05) is 12.5 Å². The molecule has 0 aliphatic carbocycles. The summed E-state index contributed by atoms with van der Waals surface area (Å²) in [7, 11) is 1.73. The lowest BCUT2D eigenvalue weighted by Gasteiger charge is -2.24. The van der Waals surface area contributed by atoms with E-state index in [1.54, 1.807) is 7.11 Å². The fraction of sp³-hybridized carbons (Fsp3) is 0.438. The lowest BCUT2D eigenvalue weighted by molar-refractivity contribution is 0.184. The summed E-state index contributed by atoms with van der Waals surface area (Å²) < 4.78 is 7.53. The molecule has 2 aromatic rings. The third-order valence-electron chi connectivity index (χ3n) is 3.98. The zero-order valence-electron chi connectivity index (χ0n) is 11.9. The second kappa shape index (κ2) is 6.20. The molecule has 4 heteroatoms. The molecule has 1 saturated heterocycles. The molecule has 1 fully saturated rings. The maximum atomic E-state index is 5.31. The predicted molar refractivity (Wildman–Crippen MR) is 79.1 cm³/mol. The Labute approximate surface area is 119 Å². The summed E-state index contributed by atoms with van der Waals surface area (Å²) in [6.45, 7) is 2.81. The van der Waals surface area contributed by atoms with Crippen molar-refractivity contribution in [3.63, 3.8) is 0 Å². The average molecular weight is 271 g/mol. The molecule has 0 saturated carbocycles. The molecule has 1 N–H and O–H groups in total. The van der Waals surface area contributed by atoms with Gasteiger partial charge in [0.25, 0.3) is 0 Å². The van der Waals surface area contributed by atoms with Gasteiger partial charge in [0.05, 0.1) is 18.6 Å². The smallest absolute Gasteiger partial charge is 0.0994 e. The van der Waals surface area contributed by atoms with Gasteiger partial charge in [-0.2, -0.15) is 0 Å². The number of methoxy groups -OCH3 is 1. The second-order valence-electron chi connectivity index (χ2n) is 5.27. The van der Waals surface area contributed by atoms with Crippen molar-refractivity contribution in [1.29, 1.82) is 0 Å². The van der Waals surface area contributed by atoms with Crippen molar-refractivity contribution >= 4 is 0 Å². The van der Waals surface area contributed by atoms with Crippen molar-refractivity contribution in [2.45, 2.75) is 25.4 Å². The summed E-state index contributed by atoms with van der Waals surface area (Å²) in [4.78, 5) is 4.38. The van der Waals surface area contributed by atoms with E-state index < -0.39 is 0 Å². The van der Waals surface area contributed by atoms with Crippen LogP contribution in [0.1, 0.15) is 30.0 Å². The quantitative estimate of drug-likeness (QED) is 0.928. The van der Waals surface area contributed by atoms with Gasteiger partial charge in [0, 0.05) is 30.5 Å². The highest BCUT2D eigenvalue weighted by Gasteiger charge is 2.20. The van der Waals surface area contributed by atoms with Crippen LogP contribution in [0, 0.1) is 0 Å². The molecule has 0 atom stereocenters. The van der Waals surface area contributed by atoms with Gasteiger partial charge in [-0.15, -0.1) is 0 Å². The molecule has 4 nitrogen and oxygen atoms in total. The molecule has 2 heterocycles. The molecule has 0 unspecified atom stereocenters. The number of para-hydroxylation sites is 1. The normalized spacial score (nSPS) is 16.4. The molecule has 106 valence electrons. The maximum Gasteiger partial charge on any atom is 0.0994 e. The largest absolute Gasteiger partial charge is 0.380 e. The summed E-state index contributed by atoms with van der Waals surface area (Å²) in [6, 6.07) is 8.38. The summed E-state index contributed by atoms with van der Waals surface area (Å²) in [5.41, 5.74) is 3.69. The fourth-order valence-electron chi connectivity index (χ4n) is 2.95. The first kappa shape index (κ1) is 13.3. The Balaban J connectivity index is 1.96. The summed E-state index contributed by atoms with van der Waals surface area (Å²) in [5, 5.41) is 3.42. The van der Waals surface area contributed by atoms with Gasteiger partial charge in [-0.1, -0.05) is 18.2 Å². The van der Waals surface area contributed by atoms with Crippen LogP contribution in [0.3, 0.4) is 0 Å². The maximum absolute atomic E-state index is 5.31. The first-order valence-electron chi connectivity index (χ1n) is 7.20. The first-order chi connectivity index (χ1) is 9.90. The number of imidazole rings is 1. The van der Waals surface area contributed by atoms with Crippen molar-refractivity contribution in [3.8, 4) is 5.69 Å². The minimum Gasteiger partial charge on any atom is -0.380 e. The van der Waals surface area contributed by atoms with E-state index in [4.69, 9.17) is 4.74 Å². The number of rotatable bonds is 4. The van der Waals surface area contributed by atoms with E-state index >= 15 is 0 Å². The number of benzene rings is 1. The van der Waals surface area contributed by atoms with Gasteiger partial charge in [0.15, 0.2) is 0 Å². The SMILES string of the molecule is COCc1ccccc1-n1cncc1C1CCNCC1. The minimum atomic E-state index is 0.592. The van der Waals surface area contributed by atoms with Crippen molar-refractivity contribution in [1.82, 2.24) is 14.9 Å². The summed E-state index contributed by atoms with van der Waals surface area (Å²) in [6.07, 6.45) is 6.29. The number of hydrogen-bond donors (Lipinski definition) is 1. The molecule has 0 bridgehead atoms. The Morgan fingerprint density at radius 3 is 2.90 bits per heavy atom. The zero-order chi connectivity index (χ0) is 13.8. The fourth-order valence-corrected chi connectivity index (χ4v) is 2.95. The molecule has 3 rings (SSSR count). The van der Waals surface area contributed by atoms with Gasteiger partial charge in [-0.3, -0.25) is 0 Å². The van der Waals surface area contributed by atoms with Crippen LogP contribution in [0.5, 0.6) is 0 Å². The molecule has 1 aromatic carbocycles.